The zero-order valence-electron chi connectivity index (χ0n) is 33.3. The van der Waals surface area contributed by atoms with Gasteiger partial charge in [-0.25, -0.2) is 4.98 Å². The summed E-state index contributed by atoms with van der Waals surface area (Å²) in [6.45, 7) is 0. The third-order valence-electron chi connectivity index (χ3n) is 12.4. The van der Waals surface area contributed by atoms with Gasteiger partial charge in [0.05, 0.1) is 11.0 Å². The Balaban J connectivity index is 0.979. The number of nitrogens with zero attached hydrogens (tertiary/aromatic N) is 4. The molecule has 0 fully saturated rings. The van der Waals surface area contributed by atoms with Gasteiger partial charge in [-0.05, 0) is 103 Å². The van der Waals surface area contributed by atoms with Crippen LogP contribution in [0.3, 0.4) is 0 Å². The van der Waals surface area contributed by atoms with Gasteiger partial charge in [0.2, 0.25) is 5.95 Å². The first-order valence-electron chi connectivity index (χ1n) is 20.9. The molecule has 3 heterocycles. The van der Waals surface area contributed by atoms with Crippen molar-refractivity contribution in [3.63, 3.8) is 0 Å². The predicted molar refractivity (Wildman–Crippen MR) is 256 cm³/mol. The minimum absolute atomic E-state index is 0.567. The van der Waals surface area contributed by atoms with Gasteiger partial charge >= 0.3 is 0 Å². The Labute approximate surface area is 355 Å². The van der Waals surface area contributed by atoms with Gasteiger partial charge in [0.25, 0.3) is 0 Å². The summed E-state index contributed by atoms with van der Waals surface area (Å²) in [6, 6.07) is 72.8. The van der Waals surface area contributed by atoms with Gasteiger partial charge in [0, 0.05) is 32.7 Å². The predicted octanol–water partition coefficient (Wildman–Crippen LogP) is 15.0. The molecule has 288 valence electrons. The molecule has 0 aliphatic rings. The number of para-hydroxylation sites is 1. The van der Waals surface area contributed by atoms with Crippen LogP contribution in [0.2, 0.25) is 0 Å². The molecule has 3 aromatic heterocycles. The quantitative estimate of drug-likeness (QED) is 0.163. The van der Waals surface area contributed by atoms with E-state index in [-0.39, 0.29) is 0 Å². The van der Waals surface area contributed by atoms with Crippen molar-refractivity contribution < 1.29 is 4.42 Å². The minimum Gasteiger partial charge on any atom is -0.456 e. The van der Waals surface area contributed by atoms with Crippen LogP contribution in [-0.4, -0.2) is 19.5 Å². The molecular formula is C57H34N4O. The number of furan rings is 1. The lowest BCUT2D eigenvalue weighted by atomic mass is 9.93. The summed E-state index contributed by atoms with van der Waals surface area (Å²) < 4.78 is 8.59. The zero-order chi connectivity index (χ0) is 40.7. The number of aromatic nitrogens is 4. The first kappa shape index (κ1) is 34.5. The Morgan fingerprint density at radius 3 is 1.48 bits per heavy atom. The molecule has 0 aliphatic carbocycles. The normalized spacial score (nSPS) is 11.9. The molecule has 0 amide bonds. The van der Waals surface area contributed by atoms with E-state index in [9.17, 15) is 0 Å². The maximum atomic E-state index is 6.40. The van der Waals surface area contributed by atoms with Crippen LogP contribution < -0.4 is 0 Å². The highest BCUT2D eigenvalue weighted by molar-refractivity contribution is 6.25. The second kappa shape index (κ2) is 13.6. The van der Waals surface area contributed by atoms with E-state index in [1.54, 1.807) is 0 Å². The van der Waals surface area contributed by atoms with Gasteiger partial charge in [-0.1, -0.05) is 158 Å². The summed E-state index contributed by atoms with van der Waals surface area (Å²) in [7, 11) is 0. The standard InChI is InChI=1S/C57H34N4O/c1-3-13-35(14-4-1)39-23-28-47-50-32-38(26-30-53(50)62-54(47)34-39)37-25-29-52-49(31-37)46-21-11-12-22-51(46)61(52)57-59-55(36-15-5-2-6-16-36)58-56(60-57)40-24-27-45-43-19-8-7-17-41(43)42-18-9-10-20-44(42)48(45)33-40/h1-34H. The molecule has 0 unspecified atom stereocenters. The first-order chi connectivity index (χ1) is 30.7. The van der Waals surface area contributed by atoms with E-state index in [0.717, 1.165) is 71.6 Å². The molecule has 5 heteroatoms. The van der Waals surface area contributed by atoms with E-state index in [0.29, 0.717) is 17.6 Å². The summed E-state index contributed by atoms with van der Waals surface area (Å²) in [5.74, 6) is 1.80. The smallest absolute Gasteiger partial charge is 0.238 e. The van der Waals surface area contributed by atoms with E-state index in [1.165, 1.54) is 37.9 Å². The van der Waals surface area contributed by atoms with Crippen molar-refractivity contribution >= 4 is 76.1 Å². The molecule has 10 aromatic carbocycles. The maximum Gasteiger partial charge on any atom is 0.238 e. The fraction of sp³-hybridized carbons (Fsp3) is 0. The lowest BCUT2D eigenvalue weighted by Crippen LogP contribution is -2.06. The van der Waals surface area contributed by atoms with Crippen LogP contribution in [0.25, 0.3) is 127 Å². The second-order valence-electron chi connectivity index (χ2n) is 16.0. The molecule has 0 aliphatic heterocycles. The van der Waals surface area contributed by atoms with Crippen molar-refractivity contribution in [3.05, 3.63) is 206 Å². The number of rotatable bonds is 5. The van der Waals surface area contributed by atoms with Gasteiger partial charge in [-0.15, -0.1) is 0 Å². The van der Waals surface area contributed by atoms with Gasteiger partial charge in [0.15, 0.2) is 11.6 Å². The number of benzene rings is 10. The van der Waals surface area contributed by atoms with E-state index < -0.39 is 0 Å². The summed E-state index contributed by atoms with van der Waals surface area (Å²) in [5, 5.41) is 11.7. The molecule has 13 aromatic rings. The monoisotopic (exact) mass is 790 g/mol. The Kier molecular flexibility index (Phi) is 7.54. The first-order valence-corrected chi connectivity index (χ1v) is 20.9. The summed E-state index contributed by atoms with van der Waals surface area (Å²) in [6.07, 6.45) is 0. The zero-order valence-corrected chi connectivity index (χ0v) is 33.3. The molecule has 5 nitrogen and oxygen atoms in total. The third-order valence-corrected chi connectivity index (χ3v) is 12.4. The number of fused-ring (bicyclic) bond motifs is 12. The molecule has 0 atom stereocenters. The molecule has 0 N–H and O–H groups in total. The average Bonchev–Trinajstić information content (AvgIpc) is 3.89. The topological polar surface area (TPSA) is 56.7 Å². The van der Waals surface area contributed by atoms with Crippen LogP contribution in [-0.2, 0) is 0 Å². The maximum absolute atomic E-state index is 6.40. The van der Waals surface area contributed by atoms with Crippen molar-refractivity contribution in [1.82, 2.24) is 19.5 Å². The highest BCUT2D eigenvalue weighted by Gasteiger charge is 2.20. The lowest BCUT2D eigenvalue weighted by molar-refractivity contribution is 0.669. The molecule has 0 radical (unpaired) electrons. The SMILES string of the molecule is c1ccc(-c2ccc3c(c2)oc2ccc(-c4ccc5c(c4)c4ccccc4n5-c4nc(-c5ccccc5)nc(-c5ccc6c7ccccc7c7ccccc7c6c5)n4)cc23)cc1. The highest BCUT2D eigenvalue weighted by Crippen LogP contribution is 2.40. The van der Waals surface area contributed by atoms with Gasteiger partial charge in [-0.2, -0.15) is 9.97 Å². The Bertz CT molecular complexity index is 3890. The van der Waals surface area contributed by atoms with Crippen molar-refractivity contribution in [1.29, 1.82) is 0 Å². The van der Waals surface area contributed by atoms with Crippen molar-refractivity contribution in [3.8, 4) is 51.0 Å². The van der Waals surface area contributed by atoms with Crippen LogP contribution in [0.4, 0.5) is 0 Å². The summed E-state index contributed by atoms with van der Waals surface area (Å²) in [4.78, 5) is 15.7. The largest absolute Gasteiger partial charge is 0.456 e. The van der Waals surface area contributed by atoms with Crippen molar-refractivity contribution in [2.45, 2.75) is 0 Å². The highest BCUT2D eigenvalue weighted by atomic mass is 16.3. The number of hydrogen-bond donors (Lipinski definition) is 0. The van der Waals surface area contributed by atoms with Gasteiger partial charge in [-0.3, -0.25) is 4.57 Å². The Morgan fingerprint density at radius 1 is 0.274 bits per heavy atom. The van der Waals surface area contributed by atoms with E-state index >= 15 is 0 Å². The van der Waals surface area contributed by atoms with Crippen LogP contribution in [0, 0.1) is 0 Å². The Hall–Kier alpha value is -8.41. The van der Waals surface area contributed by atoms with Crippen LogP contribution in [0.5, 0.6) is 0 Å². The molecule has 62 heavy (non-hydrogen) atoms. The summed E-state index contributed by atoms with van der Waals surface area (Å²) in [5.41, 5.74) is 10.2. The molecule has 0 spiro atoms. The average molecular weight is 791 g/mol. The van der Waals surface area contributed by atoms with Crippen LogP contribution in [0.1, 0.15) is 0 Å². The molecule has 0 saturated heterocycles. The van der Waals surface area contributed by atoms with Crippen LogP contribution in [0.15, 0.2) is 211 Å². The van der Waals surface area contributed by atoms with Crippen molar-refractivity contribution in [2.75, 3.05) is 0 Å². The Morgan fingerprint density at radius 2 is 0.758 bits per heavy atom. The van der Waals surface area contributed by atoms with Crippen molar-refractivity contribution in [2.24, 2.45) is 0 Å². The lowest BCUT2D eigenvalue weighted by Gasteiger charge is -2.13. The van der Waals surface area contributed by atoms with E-state index in [4.69, 9.17) is 19.4 Å². The fourth-order valence-corrected chi connectivity index (χ4v) is 9.49. The fourth-order valence-electron chi connectivity index (χ4n) is 9.49. The van der Waals surface area contributed by atoms with Gasteiger partial charge in [0.1, 0.15) is 11.2 Å². The molecule has 13 rings (SSSR count). The second-order valence-corrected chi connectivity index (χ2v) is 16.0. The number of hydrogen-bond acceptors (Lipinski definition) is 4. The van der Waals surface area contributed by atoms with E-state index in [2.05, 4.69) is 187 Å². The molecule has 0 bridgehead atoms. The molecular weight excluding hydrogens is 757 g/mol. The third kappa shape index (κ3) is 5.38. The summed E-state index contributed by atoms with van der Waals surface area (Å²) >= 11 is 0. The molecule has 0 saturated carbocycles. The van der Waals surface area contributed by atoms with Crippen LogP contribution >= 0.6 is 0 Å². The van der Waals surface area contributed by atoms with Gasteiger partial charge < -0.3 is 4.42 Å². The minimum atomic E-state index is 0.567. The van der Waals surface area contributed by atoms with E-state index in [1.807, 2.05) is 24.3 Å².